The molecule has 18 heavy (non-hydrogen) atoms. The number of anilines is 1. The fourth-order valence-electron chi connectivity index (χ4n) is 2.45. The fraction of sp³-hybridized carbons (Fsp3) is 0.692. The Morgan fingerprint density at radius 1 is 1.61 bits per heavy atom. The van der Waals surface area contributed by atoms with Crippen LogP contribution in [0.5, 0.6) is 0 Å². The Morgan fingerprint density at radius 2 is 2.39 bits per heavy atom. The largest absolute Gasteiger partial charge is 0.481 e. The maximum absolute atomic E-state index is 10.7. The molecule has 1 fully saturated rings. The van der Waals surface area contributed by atoms with Gasteiger partial charge in [-0.25, -0.2) is 4.98 Å². The van der Waals surface area contributed by atoms with Crippen molar-refractivity contribution in [3.05, 3.63) is 11.1 Å². The van der Waals surface area contributed by atoms with Crippen LogP contribution in [0.15, 0.2) is 5.38 Å². The molecule has 0 aromatic carbocycles. The van der Waals surface area contributed by atoms with Gasteiger partial charge in [-0.2, -0.15) is 0 Å². The zero-order valence-corrected chi connectivity index (χ0v) is 11.7. The maximum atomic E-state index is 10.7. The van der Waals surface area contributed by atoms with Crippen molar-refractivity contribution in [3.8, 4) is 0 Å². The van der Waals surface area contributed by atoms with E-state index in [4.69, 9.17) is 5.11 Å². The Labute approximate surface area is 112 Å². The summed E-state index contributed by atoms with van der Waals surface area (Å²) < 4.78 is 0. The number of carboxylic acids is 1. The van der Waals surface area contributed by atoms with Crippen LogP contribution in [0.3, 0.4) is 0 Å². The van der Waals surface area contributed by atoms with Crippen LogP contribution in [0.1, 0.15) is 38.8 Å². The molecule has 0 bridgehead atoms. The quantitative estimate of drug-likeness (QED) is 0.912. The molecule has 1 aliphatic rings. The normalized spacial score (nSPS) is 24.2. The van der Waals surface area contributed by atoms with Crippen molar-refractivity contribution in [2.45, 2.75) is 45.6 Å². The topological polar surface area (TPSA) is 53.4 Å². The molecule has 1 saturated heterocycles. The average Bonchev–Trinajstić information content (AvgIpc) is 2.77. The Morgan fingerprint density at radius 3 is 3.06 bits per heavy atom. The van der Waals surface area contributed by atoms with E-state index in [9.17, 15) is 4.79 Å². The SMILES string of the molecule is CCC1CCC(C)N(c2nc(CC(=O)O)cs2)C1. The number of thiazole rings is 1. The van der Waals surface area contributed by atoms with E-state index in [0.29, 0.717) is 11.7 Å². The van der Waals surface area contributed by atoms with Gasteiger partial charge in [-0.3, -0.25) is 4.79 Å². The van der Waals surface area contributed by atoms with E-state index >= 15 is 0 Å². The number of carbonyl (C=O) groups is 1. The summed E-state index contributed by atoms with van der Waals surface area (Å²) in [5.41, 5.74) is 0.674. The minimum absolute atomic E-state index is 0.0237. The molecule has 2 heterocycles. The molecule has 0 saturated carbocycles. The molecule has 1 aromatic rings. The van der Waals surface area contributed by atoms with Crippen molar-refractivity contribution in [2.24, 2.45) is 5.92 Å². The van der Waals surface area contributed by atoms with Crippen LogP contribution in [0.4, 0.5) is 5.13 Å². The third kappa shape index (κ3) is 3.02. The van der Waals surface area contributed by atoms with Gasteiger partial charge in [0.05, 0.1) is 12.1 Å². The average molecular weight is 268 g/mol. The number of piperidine rings is 1. The number of aromatic nitrogens is 1. The molecule has 4 nitrogen and oxygen atoms in total. The molecule has 2 rings (SSSR count). The Bertz CT molecular complexity index is 419. The molecule has 1 aliphatic heterocycles. The number of hydrogen-bond donors (Lipinski definition) is 1. The van der Waals surface area contributed by atoms with Crippen LogP contribution in [0.25, 0.3) is 0 Å². The van der Waals surface area contributed by atoms with Crippen LogP contribution in [0, 0.1) is 5.92 Å². The summed E-state index contributed by atoms with van der Waals surface area (Å²) in [7, 11) is 0. The number of nitrogens with zero attached hydrogens (tertiary/aromatic N) is 2. The van der Waals surface area contributed by atoms with E-state index in [1.54, 1.807) is 11.3 Å². The lowest BCUT2D eigenvalue weighted by Crippen LogP contribution is -2.41. The first-order valence-electron chi connectivity index (χ1n) is 6.53. The number of carboxylic acid groups (broad SMARTS) is 1. The lowest BCUT2D eigenvalue weighted by molar-refractivity contribution is -0.136. The second kappa shape index (κ2) is 5.69. The van der Waals surface area contributed by atoms with Crippen molar-refractivity contribution in [1.29, 1.82) is 0 Å². The molecule has 0 amide bonds. The van der Waals surface area contributed by atoms with Gasteiger partial charge >= 0.3 is 5.97 Å². The molecule has 2 unspecified atom stereocenters. The smallest absolute Gasteiger partial charge is 0.309 e. The Balaban J connectivity index is 2.09. The minimum atomic E-state index is -0.815. The molecular formula is C13H20N2O2S. The molecule has 1 N–H and O–H groups in total. The highest BCUT2D eigenvalue weighted by atomic mass is 32.1. The van der Waals surface area contributed by atoms with E-state index < -0.39 is 5.97 Å². The summed E-state index contributed by atoms with van der Waals surface area (Å²) in [6.45, 7) is 5.51. The summed E-state index contributed by atoms with van der Waals surface area (Å²) in [5.74, 6) is -0.0713. The summed E-state index contributed by atoms with van der Waals surface area (Å²) in [4.78, 5) is 17.5. The van der Waals surface area contributed by atoms with Crippen LogP contribution in [-0.2, 0) is 11.2 Å². The van der Waals surface area contributed by atoms with Gasteiger partial charge in [0.1, 0.15) is 0 Å². The third-order valence-corrected chi connectivity index (χ3v) is 4.60. The molecule has 0 spiro atoms. The monoisotopic (exact) mass is 268 g/mol. The lowest BCUT2D eigenvalue weighted by Gasteiger charge is -2.37. The van der Waals surface area contributed by atoms with Gasteiger partial charge in [-0.05, 0) is 25.7 Å². The van der Waals surface area contributed by atoms with E-state index in [2.05, 4.69) is 23.7 Å². The summed E-state index contributed by atoms with van der Waals surface area (Å²) >= 11 is 1.57. The van der Waals surface area contributed by atoms with Crippen molar-refractivity contribution < 1.29 is 9.90 Å². The molecule has 5 heteroatoms. The van der Waals surface area contributed by atoms with Gasteiger partial charge in [0, 0.05) is 18.0 Å². The summed E-state index contributed by atoms with van der Waals surface area (Å²) in [6, 6.07) is 0.511. The number of rotatable bonds is 4. The second-order valence-corrected chi connectivity index (χ2v) is 5.88. The summed E-state index contributed by atoms with van der Waals surface area (Å²) in [5, 5.41) is 11.6. The van der Waals surface area contributed by atoms with Crippen molar-refractivity contribution >= 4 is 22.4 Å². The zero-order valence-electron chi connectivity index (χ0n) is 10.9. The number of aliphatic carboxylic acids is 1. The predicted molar refractivity (Wildman–Crippen MR) is 73.3 cm³/mol. The second-order valence-electron chi connectivity index (χ2n) is 5.04. The van der Waals surface area contributed by atoms with Crippen LogP contribution < -0.4 is 4.90 Å². The van der Waals surface area contributed by atoms with E-state index in [1.807, 2.05) is 5.38 Å². The van der Waals surface area contributed by atoms with Gasteiger partial charge in [0.2, 0.25) is 0 Å². The lowest BCUT2D eigenvalue weighted by atomic mass is 9.92. The van der Waals surface area contributed by atoms with Gasteiger partial charge < -0.3 is 10.0 Å². The molecule has 2 atom stereocenters. The van der Waals surface area contributed by atoms with Gasteiger partial charge in [0.25, 0.3) is 0 Å². The van der Waals surface area contributed by atoms with Crippen LogP contribution in [-0.4, -0.2) is 28.6 Å². The fourth-order valence-corrected chi connectivity index (χ4v) is 3.38. The molecule has 0 radical (unpaired) electrons. The van der Waals surface area contributed by atoms with E-state index in [1.165, 1.54) is 19.3 Å². The predicted octanol–water partition coefficient (Wildman–Crippen LogP) is 2.79. The maximum Gasteiger partial charge on any atom is 0.309 e. The third-order valence-electron chi connectivity index (χ3n) is 3.67. The first-order chi connectivity index (χ1) is 8.60. The van der Waals surface area contributed by atoms with Gasteiger partial charge in [-0.1, -0.05) is 13.3 Å². The Hall–Kier alpha value is -1.10. The van der Waals surface area contributed by atoms with Crippen molar-refractivity contribution in [1.82, 2.24) is 4.98 Å². The van der Waals surface area contributed by atoms with Crippen molar-refractivity contribution in [3.63, 3.8) is 0 Å². The molecule has 1 aromatic heterocycles. The highest BCUT2D eigenvalue weighted by Crippen LogP contribution is 2.31. The molecule has 0 aliphatic carbocycles. The zero-order chi connectivity index (χ0) is 13.1. The van der Waals surface area contributed by atoms with Gasteiger partial charge in [-0.15, -0.1) is 11.3 Å². The van der Waals surface area contributed by atoms with E-state index in [0.717, 1.165) is 17.6 Å². The van der Waals surface area contributed by atoms with Gasteiger partial charge in [0.15, 0.2) is 5.13 Å². The highest BCUT2D eigenvalue weighted by molar-refractivity contribution is 7.13. The highest BCUT2D eigenvalue weighted by Gasteiger charge is 2.26. The van der Waals surface area contributed by atoms with Crippen molar-refractivity contribution in [2.75, 3.05) is 11.4 Å². The summed E-state index contributed by atoms with van der Waals surface area (Å²) in [6.07, 6.45) is 3.72. The first-order valence-corrected chi connectivity index (χ1v) is 7.41. The molecular weight excluding hydrogens is 248 g/mol. The van der Waals surface area contributed by atoms with Crippen LogP contribution in [0.2, 0.25) is 0 Å². The Kier molecular flexibility index (Phi) is 4.22. The molecule has 100 valence electrons. The first kappa shape index (κ1) is 13.3. The number of hydrogen-bond acceptors (Lipinski definition) is 4. The minimum Gasteiger partial charge on any atom is -0.481 e. The van der Waals surface area contributed by atoms with Crippen LogP contribution >= 0.6 is 11.3 Å². The standard InChI is InChI=1S/C13H20N2O2S/c1-3-10-5-4-9(2)15(7-10)13-14-11(8-18-13)6-12(16)17/h8-10H,3-7H2,1-2H3,(H,16,17). The van der Waals surface area contributed by atoms with E-state index in [-0.39, 0.29) is 6.42 Å².